The molecule has 0 saturated carbocycles. The van der Waals surface area contributed by atoms with E-state index in [1.807, 2.05) is 23.1 Å². The van der Waals surface area contributed by atoms with Crippen molar-refractivity contribution in [3.8, 4) is 5.75 Å². The van der Waals surface area contributed by atoms with Crippen LogP contribution in [0.15, 0.2) is 59.5 Å². The molecule has 0 N–H and O–H groups in total. The van der Waals surface area contributed by atoms with Gasteiger partial charge in [0.05, 0.1) is 4.90 Å². The van der Waals surface area contributed by atoms with Crippen LogP contribution in [-0.4, -0.2) is 69.4 Å². The largest absolute Gasteiger partial charge is 0.484 e. The van der Waals surface area contributed by atoms with Gasteiger partial charge in [-0.25, -0.2) is 8.42 Å². The van der Waals surface area contributed by atoms with Crippen molar-refractivity contribution >= 4 is 21.6 Å². The summed E-state index contributed by atoms with van der Waals surface area (Å²) in [7, 11) is -3.46. The van der Waals surface area contributed by atoms with Crippen molar-refractivity contribution in [1.29, 1.82) is 0 Å². The Labute approximate surface area is 184 Å². The maximum absolute atomic E-state index is 12.7. The Hall–Kier alpha value is -2.58. The minimum absolute atomic E-state index is 0.0520. The Balaban J connectivity index is 1.27. The molecule has 0 unspecified atom stereocenters. The normalized spacial score (nSPS) is 18.1. The van der Waals surface area contributed by atoms with E-state index >= 15 is 0 Å². The highest BCUT2D eigenvalue weighted by Gasteiger charge is 2.26. The first kappa shape index (κ1) is 21.6. The lowest BCUT2D eigenvalue weighted by Gasteiger charge is -2.36. The highest BCUT2D eigenvalue weighted by molar-refractivity contribution is 7.89. The van der Waals surface area contributed by atoms with Crippen LogP contribution >= 0.6 is 0 Å². The number of sulfonamides is 1. The number of amides is 1. The van der Waals surface area contributed by atoms with Gasteiger partial charge in [0, 0.05) is 45.0 Å². The van der Waals surface area contributed by atoms with Crippen molar-refractivity contribution in [3.05, 3.63) is 54.6 Å². The summed E-state index contributed by atoms with van der Waals surface area (Å²) < 4.78 is 32.6. The number of benzene rings is 2. The molecule has 0 aliphatic carbocycles. The van der Waals surface area contributed by atoms with Crippen molar-refractivity contribution in [2.45, 2.75) is 24.2 Å². The molecule has 166 valence electrons. The summed E-state index contributed by atoms with van der Waals surface area (Å²) in [4.78, 5) is 16.9. The molecule has 2 aliphatic heterocycles. The molecule has 2 aliphatic rings. The van der Waals surface area contributed by atoms with Gasteiger partial charge in [-0.05, 0) is 49.2 Å². The monoisotopic (exact) mass is 443 g/mol. The third-order valence-corrected chi connectivity index (χ3v) is 7.81. The van der Waals surface area contributed by atoms with E-state index in [9.17, 15) is 13.2 Å². The van der Waals surface area contributed by atoms with Crippen LogP contribution in [0.2, 0.25) is 0 Å². The number of hydrogen-bond acceptors (Lipinski definition) is 5. The van der Waals surface area contributed by atoms with Gasteiger partial charge in [-0.3, -0.25) is 4.79 Å². The molecule has 0 bridgehead atoms. The highest BCUT2D eigenvalue weighted by Crippen LogP contribution is 2.23. The fourth-order valence-corrected chi connectivity index (χ4v) is 5.57. The van der Waals surface area contributed by atoms with E-state index in [0.29, 0.717) is 31.9 Å². The molecule has 7 nitrogen and oxygen atoms in total. The number of piperazine rings is 1. The highest BCUT2D eigenvalue weighted by atomic mass is 32.2. The zero-order valence-electron chi connectivity index (χ0n) is 17.7. The van der Waals surface area contributed by atoms with Gasteiger partial charge in [0.1, 0.15) is 5.75 Å². The van der Waals surface area contributed by atoms with E-state index in [1.165, 1.54) is 5.69 Å². The number of ether oxygens (including phenoxy) is 1. The minimum Gasteiger partial charge on any atom is -0.484 e. The van der Waals surface area contributed by atoms with Crippen LogP contribution in [0.5, 0.6) is 5.75 Å². The zero-order valence-corrected chi connectivity index (χ0v) is 18.5. The van der Waals surface area contributed by atoms with Crippen molar-refractivity contribution in [2.24, 2.45) is 0 Å². The summed E-state index contributed by atoms with van der Waals surface area (Å²) in [6.45, 7) is 3.99. The van der Waals surface area contributed by atoms with Crippen molar-refractivity contribution in [1.82, 2.24) is 9.21 Å². The van der Waals surface area contributed by atoms with Crippen LogP contribution in [0.4, 0.5) is 5.69 Å². The Bertz CT molecular complexity index is 966. The molecule has 0 radical (unpaired) electrons. The maximum atomic E-state index is 12.7. The van der Waals surface area contributed by atoms with E-state index in [2.05, 4.69) is 17.0 Å². The number of piperidine rings is 1. The van der Waals surface area contributed by atoms with Crippen LogP contribution in [0.25, 0.3) is 0 Å². The van der Waals surface area contributed by atoms with E-state index in [1.54, 1.807) is 28.6 Å². The van der Waals surface area contributed by atoms with E-state index in [-0.39, 0.29) is 17.4 Å². The Kier molecular flexibility index (Phi) is 6.77. The van der Waals surface area contributed by atoms with Crippen molar-refractivity contribution < 1.29 is 17.9 Å². The lowest BCUT2D eigenvalue weighted by atomic mass is 10.2. The Morgan fingerprint density at radius 3 is 2.10 bits per heavy atom. The molecule has 2 fully saturated rings. The summed E-state index contributed by atoms with van der Waals surface area (Å²) in [6.07, 6.45) is 2.89. The van der Waals surface area contributed by atoms with Crippen LogP contribution < -0.4 is 9.64 Å². The molecule has 1 amide bonds. The van der Waals surface area contributed by atoms with Gasteiger partial charge < -0.3 is 14.5 Å². The number of carbonyl (C=O) groups is 1. The predicted octanol–water partition coefficient (Wildman–Crippen LogP) is 2.59. The quantitative estimate of drug-likeness (QED) is 0.686. The van der Waals surface area contributed by atoms with Gasteiger partial charge in [0.2, 0.25) is 10.0 Å². The Morgan fingerprint density at radius 1 is 0.806 bits per heavy atom. The van der Waals surface area contributed by atoms with Crippen LogP contribution in [0, 0.1) is 0 Å². The van der Waals surface area contributed by atoms with Gasteiger partial charge in [-0.2, -0.15) is 4.31 Å². The molecular formula is C23H29N3O4S. The molecule has 0 spiro atoms. The van der Waals surface area contributed by atoms with Crippen molar-refractivity contribution in [2.75, 3.05) is 50.8 Å². The molecule has 2 aromatic carbocycles. The molecule has 2 saturated heterocycles. The van der Waals surface area contributed by atoms with Gasteiger partial charge >= 0.3 is 0 Å². The number of rotatable bonds is 6. The molecule has 4 rings (SSSR count). The number of anilines is 1. The summed E-state index contributed by atoms with van der Waals surface area (Å²) in [5, 5.41) is 0. The third kappa shape index (κ3) is 5.19. The van der Waals surface area contributed by atoms with E-state index in [0.717, 1.165) is 32.4 Å². The fourth-order valence-electron chi connectivity index (χ4n) is 4.05. The van der Waals surface area contributed by atoms with Crippen LogP contribution in [-0.2, 0) is 14.8 Å². The van der Waals surface area contributed by atoms with Gasteiger partial charge in [-0.15, -0.1) is 0 Å². The third-order valence-electron chi connectivity index (χ3n) is 5.89. The SMILES string of the molecule is O=C(COc1ccc(S(=O)(=O)N2CCCCC2)cc1)N1CCN(c2ccccc2)CC1. The first-order valence-electron chi connectivity index (χ1n) is 10.8. The molecule has 0 atom stereocenters. The summed E-state index contributed by atoms with van der Waals surface area (Å²) in [5.41, 5.74) is 1.17. The first-order valence-corrected chi connectivity index (χ1v) is 12.3. The molecule has 31 heavy (non-hydrogen) atoms. The fraction of sp³-hybridized carbons (Fsp3) is 0.435. The topological polar surface area (TPSA) is 70.2 Å². The molecule has 0 aromatic heterocycles. The number of hydrogen-bond donors (Lipinski definition) is 0. The summed E-state index contributed by atoms with van der Waals surface area (Å²) >= 11 is 0. The van der Waals surface area contributed by atoms with Crippen molar-refractivity contribution in [3.63, 3.8) is 0 Å². The maximum Gasteiger partial charge on any atom is 0.260 e. The second-order valence-corrected chi connectivity index (χ2v) is 9.87. The number of nitrogens with zero attached hydrogens (tertiary/aromatic N) is 3. The van der Waals surface area contributed by atoms with Gasteiger partial charge in [0.25, 0.3) is 5.91 Å². The molecule has 2 aromatic rings. The second-order valence-electron chi connectivity index (χ2n) is 7.93. The smallest absolute Gasteiger partial charge is 0.260 e. The van der Waals surface area contributed by atoms with E-state index in [4.69, 9.17) is 4.74 Å². The predicted molar refractivity (Wildman–Crippen MR) is 120 cm³/mol. The first-order chi connectivity index (χ1) is 15.0. The second kappa shape index (κ2) is 9.70. The minimum atomic E-state index is -3.46. The van der Waals surface area contributed by atoms with Crippen LogP contribution in [0.3, 0.4) is 0 Å². The molecule has 8 heteroatoms. The van der Waals surface area contributed by atoms with Gasteiger partial charge in [-0.1, -0.05) is 24.6 Å². The zero-order chi connectivity index (χ0) is 21.7. The summed E-state index contributed by atoms with van der Waals surface area (Å²) in [5.74, 6) is 0.437. The Morgan fingerprint density at radius 2 is 1.45 bits per heavy atom. The molecular weight excluding hydrogens is 414 g/mol. The number of carbonyl (C=O) groups excluding carboxylic acids is 1. The molecule has 2 heterocycles. The van der Waals surface area contributed by atoms with E-state index < -0.39 is 10.0 Å². The van der Waals surface area contributed by atoms with Gasteiger partial charge in [0.15, 0.2) is 6.61 Å². The number of para-hydroxylation sites is 1. The van der Waals surface area contributed by atoms with Crippen LogP contribution in [0.1, 0.15) is 19.3 Å². The average molecular weight is 444 g/mol. The lowest BCUT2D eigenvalue weighted by molar-refractivity contribution is -0.133. The standard InChI is InChI=1S/C23H29N3O4S/c27-23(25-17-15-24(16-18-25)20-7-3-1-4-8-20)19-30-21-9-11-22(12-10-21)31(28,29)26-13-5-2-6-14-26/h1,3-4,7-12H,2,5-6,13-19H2. The average Bonchev–Trinajstić information content (AvgIpc) is 2.84. The summed E-state index contributed by atoms with van der Waals surface area (Å²) in [6, 6.07) is 16.6. The lowest BCUT2D eigenvalue weighted by Crippen LogP contribution is -2.50.